The van der Waals surface area contributed by atoms with Crippen molar-refractivity contribution in [1.82, 2.24) is 9.71 Å². The molecule has 6 nitrogen and oxygen atoms in total. The summed E-state index contributed by atoms with van der Waals surface area (Å²) in [7, 11) is -3.88. The van der Waals surface area contributed by atoms with Crippen molar-refractivity contribution < 1.29 is 18.3 Å². The molecule has 0 bridgehead atoms. The van der Waals surface area contributed by atoms with Crippen molar-refractivity contribution in [2.45, 2.75) is 18.4 Å². The lowest BCUT2D eigenvalue weighted by Crippen LogP contribution is -2.25. The standard InChI is InChI=1S/C12H12N2O4S2/c1-8-7-19-10(12(15)16)11(8)20(17,18)14-6-9-4-2-3-5-13-9/h2-5,7,14H,6H2,1H3,(H,15,16). The van der Waals surface area contributed by atoms with Crippen molar-refractivity contribution in [2.24, 2.45) is 0 Å². The number of hydrogen-bond acceptors (Lipinski definition) is 5. The minimum atomic E-state index is -3.88. The van der Waals surface area contributed by atoms with Crippen molar-refractivity contribution in [3.05, 3.63) is 45.9 Å². The van der Waals surface area contributed by atoms with Crippen LogP contribution in [0.1, 0.15) is 20.9 Å². The van der Waals surface area contributed by atoms with Crippen molar-refractivity contribution in [3.8, 4) is 0 Å². The fraction of sp³-hybridized carbons (Fsp3) is 0.167. The number of thiophene rings is 1. The molecule has 2 N–H and O–H groups in total. The zero-order valence-electron chi connectivity index (χ0n) is 10.5. The number of carboxylic acids is 1. The molecule has 0 aliphatic carbocycles. The third kappa shape index (κ3) is 3.03. The molecule has 0 amide bonds. The summed E-state index contributed by atoms with van der Waals surface area (Å²) in [6.07, 6.45) is 1.56. The van der Waals surface area contributed by atoms with E-state index in [-0.39, 0.29) is 16.3 Å². The van der Waals surface area contributed by atoms with E-state index >= 15 is 0 Å². The van der Waals surface area contributed by atoms with E-state index in [1.165, 1.54) is 5.38 Å². The predicted octanol–water partition coefficient (Wildman–Crippen LogP) is 1.63. The lowest BCUT2D eigenvalue weighted by Gasteiger charge is -2.07. The molecular weight excluding hydrogens is 300 g/mol. The molecule has 0 aromatic carbocycles. The number of carbonyl (C=O) groups is 1. The van der Waals surface area contributed by atoms with Crippen LogP contribution in [0.25, 0.3) is 0 Å². The molecule has 2 aromatic rings. The van der Waals surface area contributed by atoms with Gasteiger partial charge in [0.15, 0.2) is 0 Å². The van der Waals surface area contributed by atoms with Crippen LogP contribution in [-0.4, -0.2) is 24.5 Å². The van der Waals surface area contributed by atoms with Gasteiger partial charge in [-0.15, -0.1) is 11.3 Å². The molecule has 2 heterocycles. The molecule has 20 heavy (non-hydrogen) atoms. The monoisotopic (exact) mass is 312 g/mol. The van der Waals surface area contributed by atoms with Gasteiger partial charge in [0.25, 0.3) is 0 Å². The second-order valence-electron chi connectivity index (χ2n) is 4.03. The number of nitrogens with one attached hydrogen (secondary N) is 1. The van der Waals surface area contributed by atoms with Crippen LogP contribution in [0.2, 0.25) is 0 Å². The summed E-state index contributed by atoms with van der Waals surface area (Å²) >= 11 is 0.898. The lowest BCUT2D eigenvalue weighted by molar-refractivity contribution is 0.0698. The molecule has 0 spiro atoms. The van der Waals surface area contributed by atoms with Crippen LogP contribution in [0.15, 0.2) is 34.7 Å². The number of nitrogens with zero attached hydrogens (tertiary/aromatic N) is 1. The zero-order chi connectivity index (χ0) is 14.8. The molecule has 0 aliphatic rings. The maximum atomic E-state index is 12.2. The number of aromatic nitrogens is 1. The minimum absolute atomic E-state index is 0.0114. The molecular formula is C12H12N2O4S2. The van der Waals surface area contributed by atoms with Crippen LogP contribution >= 0.6 is 11.3 Å². The molecule has 2 rings (SSSR count). The SMILES string of the molecule is Cc1csc(C(=O)O)c1S(=O)(=O)NCc1ccccn1. The molecule has 0 saturated heterocycles. The van der Waals surface area contributed by atoms with Gasteiger partial charge in [-0.25, -0.2) is 17.9 Å². The summed E-state index contributed by atoms with van der Waals surface area (Å²) in [5.41, 5.74) is 0.974. The summed E-state index contributed by atoms with van der Waals surface area (Å²) in [4.78, 5) is 14.7. The first kappa shape index (κ1) is 14.6. The van der Waals surface area contributed by atoms with E-state index in [0.717, 1.165) is 11.3 Å². The zero-order valence-corrected chi connectivity index (χ0v) is 12.2. The van der Waals surface area contributed by atoms with Gasteiger partial charge in [0, 0.05) is 6.20 Å². The van der Waals surface area contributed by atoms with E-state index in [1.54, 1.807) is 31.3 Å². The fourth-order valence-corrected chi connectivity index (χ4v) is 4.28. The van der Waals surface area contributed by atoms with Gasteiger partial charge in [-0.3, -0.25) is 4.98 Å². The van der Waals surface area contributed by atoms with Crippen molar-refractivity contribution in [2.75, 3.05) is 0 Å². The smallest absolute Gasteiger partial charge is 0.347 e. The molecule has 0 saturated carbocycles. The average molecular weight is 312 g/mol. The molecule has 0 unspecified atom stereocenters. The summed E-state index contributed by atoms with van der Waals surface area (Å²) in [5, 5.41) is 10.5. The van der Waals surface area contributed by atoms with Gasteiger partial charge in [-0.1, -0.05) is 6.07 Å². The summed E-state index contributed by atoms with van der Waals surface area (Å²) in [6, 6.07) is 5.15. The number of rotatable bonds is 5. The molecule has 2 aromatic heterocycles. The highest BCUT2D eigenvalue weighted by atomic mass is 32.2. The molecule has 0 fully saturated rings. The van der Waals surface area contributed by atoms with Crippen LogP contribution in [0.3, 0.4) is 0 Å². The Morgan fingerprint density at radius 2 is 2.20 bits per heavy atom. The highest BCUT2D eigenvalue weighted by Crippen LogP contribution is 2.26. The van der Waals surface area contributed by atoms with Gasteiger partial charge < -0.3 is 5.11 Å². The van der Waals surface area contributed by atoms with Gasteiger partial charge in [0.2, 0.25) is 10.0 Å². The number of hydrogen-bond donors (Lipinski definition) is 2. The third-order valence-electron chi connectivity index (χ3n) is 2.55. The van der Waals surface area contributed by atoms with E-state index in [0.29, 0.717) is 11.3 Å². The summed E-state index contributed by atoms with van der Waals surface area (Å²) < 4.78 is 26.8. The van der Waals surface area contributed by atoms with Crippen molar-refractivity contribution in [1.29, 1.82) is 0 Å². The number of sulfonamides is 1. The van der Waals surface area contributed by atoms with E-state index < -0.39 is 16.0 Å². The largest absolute Gasteiger partial charge is 0.477 e. The Balaban J connectivity index is 2.27. The van der Waals surface area contributed by atoms with Gasteiger partial charge in [0.05, 0.1) is 12.2 Å². The lowest BCUT2D eigenvalue weighted by atomic mass is 10.3. The second kappa shape index (κ2) is 5.70. The number of pyridine rings is 1. The van der Waals surface area contributed by atoms with Crippen LogP contribution in [0, 0.1) is 6.92 Å². The van der Waals surface area contributed by atoms with Gasteiger partial charge in [0.1, 0.15) is 9.77 Å². The topological polar surface area (TPSA) is 96.4 Å². The molecule has 0 aliphatic heterocycles. The van der Waals surface area contributed by atoms with Crippen molar-refractivity contribution >= 4 is 27.3 Å². The minimum Gasteiger partial charge on any atom is -0.477 e. The maximum absolute atomic E-state index is 12.2. The molecule has 106 valence electrons. The fourth-order valence-electron chi connectivity index (χ4n) is 1.66. The first-order valence-electron chi connectivity index (χ1n) is 5.63. The Morgan fingerprint density at radius 1 is 1.45 bits per heavy atom. The highest BCUT2D eigenvalue weighted by molar-refractivity contribution is 7.89. The quantitative estimate of drug-likeness (QED) is 0.874. The first-order chi connectivity index (χ1) is 9.42. The Bertz CT molecular complexity index is 723. The van der Waals surface area contributed by atoms with E-state index in [9.17, 15) is 13.2 Å². The average Bonchev–Trinajstić information content (AvgIpc) is 2.81. The molecule has 0 radical (unpaired) electrons. The highest BCUT2D eigenvalue weighted by Gasteiger charge is 2.26. The molecule has 0 atom stereocenters. The van der Waals surface area contributed by atoms with E-state index in [1.807, 2.05) is 0 Å². The first-order valence-corrected chi connectivity index (χ1v) is 7.99. The van der Waals surface area contributed by atoms with Gasteiger partial charge in [-0.05, 0) is 30.0 Å². The van der Waals surface area contributed by atoms with Crippen molar-refractivity contribution in [3.63, 3.8) is 0 Å². The number of aromatic carboxylic acids is 1. The van der Waals surface area contributed by atoms with Gasteiger partial charge in [-0.2, -0.15) is 0 Å². The predicted molar refractivity (Wildman–Crippen MR) is 74.3 cm³/mol. The normalized spacial score (nSPS) is 11.4. The van der Waals surface area contributed by atoms with Crippen LogP contribution in [0.4, 0.5) is 0 Å². The summed E-state index contributed by atoms with van der Waals surface area (Å²) in [5.74, 6) is -1.25. The third-order valence-corrected chi connectivity index (χ3v) is 5.35. The Hall–Kier alpha value is -1.77. The number of aryl methyl sites for hydroxylation is 1. The number of carboxylic acid groups (broad SMARTS) is 1. The van der Waals surface area contributed by atoms with Crippen LogP contribution in [-0.2, 0) is 16.6 Å². The van der Waals surface area contributed by atoms with Crippen LogP contribution < -0.4 is 4.72 Å². The Kier molecular flexibility index (Phi) is 4.17. The Labute approximate surface area is 120 Å². The van der Waals surface area contributed by atoms with Crippen LogP contribution in [0.5, 0.6) is 0 Å². The summed E-state index contributed by atoms with van der Waals surface area (Å²) in [6.45, 7) is 1.58. The van der Waals surface area contributed by atoms with E-state index in [2.05, 4.69) is 9.71 Å². The van der Waals surface area contributed by atoms with E-state index in [4.69, 9.17) is 5.11 Å². The van der Waals surface area contributed by atoms with Gasteiger partial charge >= 0.3 is 5.97 Å². The molecule has 8 heteroatoms. The second-order valence-corrected chi connectivity index (χ2v) is 6.61. The maximum Gasteiger partial charge on any atom is 0.347 e. The Morgan fingerprint density at radius 3 is 2.80 bits per heavy atom.